The van der Waals surface area contributed by atoms with E-state index >= 15 is 0 Å². The Morgan fingerprint density at radius 3 is 2.64 bits per heavy atom. The van der Waals surface area contributed by atoms with Crippen LogP contribution in [0.15, 0.2) is 41.3 Å². The predicted octanol–water partition coefficient (Wildman–Crippen LogP) is 2.88. The normalized spacial score (nSPS) is 11.3. The number of carbonyl (C=O) groups excluding carboxylic acids is 1. The maximum Gasteiger partial charge on any atom is 0.417 e. The van der Waals surface area contributed by atoms with E-state index in [0.717, 1.165) is 5.56 Å². The van der Waals surface area contributed by atoms with Crippen molar-refractivity contribution in [2.24, 2.45) is 0 Å². The molecule has 1 aromatic heterocycles. The van der Waals surface area contributed by atoms with E-state index in [1.165, 1.54) is 0 Å². The number of rotatable bonds is 3. The van der Waals surface area contributed by atoms with Crippen LogP contribution in [0.4, 0.5) is 18.9 Å². The number of pyridine rings is 1. The molecule has 116 valence electrons. The highest BCUT2D eigenvalue weighted by molar-refractivity contribution is 5.92. The van der Waals surface area contributed by atoms with E-state index in [1.807, 2.05) is 18.0 Å². The number of halogens is 3. The number of anilines is 1. The number of carbonyl (C=O) groups is 1. The van der Waals surface area contributed by atoms with Crippen molar-refractivity contribution in [3.05, 3.63) is 63.6 Å². The van der Waals surface area contributed by atoms with Gasteiger partial charge in [-0.15, -0.1) is 0 Å². The summed E-state index contributed by atoms with van der Waals surface area (Å²) in [7, 11) is 0. The zero-order valence-corrected chi connectivity index (χ0v) is 11.6. The van der Waals surface area contributed by atoms with Crippen LogP contribution >= 0.6 is 0 Å². The Bertz CT molecular complexity index is 751. The molecule has 0 saturated heterocycles. The second kappa shape index (κ2) is 6.05. The molecule has 1 aromatic carbocycles. The van der Waals surface area contributed by atoms with Gasteiger partial charge < -0.3 is 10.3 Å². The molecule has 2 aromatic rings. The van der Waals surface area contributed by atoms with Gasteiger partial charge >= 0.3 is 6.18 Å². The zero-order valence-electron chi connectivity index (χ0n) is 11.6. The smallest absolute Gasteiger partial charge is 0.327 e. The van der Waals surface area contributed by atoms with Crippen LogP contribution in [-0.4, -0.2) is 10.9 Å². The first-order chi connectivity index (χ1) is 10.3. The Labute approximate surface area is 124 Å². The molecule has 2 N–H and O–H groups in total. The SMILES string of the molecule is Cc1cccc(CC(=O)Nc2cc(C(F)(F)F)c[nH]c2=O)c1. The van der Waals surface area contributed by atoms with E-state index in [9.17, 15) is 22.8 Å². The molecule has 0 bridgehead atoms. The van der Waals surface area contributed by atoms with Gasteiger partial charge in [0.2, 0.25) is 5.91 Å². The van der Waals surface area contributed by atoms with E-state index in [1.54, 1.807) is 18.2 Å². The van der Waals surface area contributed by atoms with Gasteiger partial charge in [0.1, 0.15) is 5.69 Å². The van der Waals surface area contributed by atoms with Gasteiger partial charge in [-0.3, -0.25) is 9.59 Å². The highest BCUT2D eigenvalue weighted by atomic mass is 19.4. The molecule has 0 unspecified atom stereocenters. The summed E-state index contributed by atoms with van der Waals surface area (Å²) in [5.74, 6) is -0.560. The van der Waals surface area contributed by atoms with Crippen molar-refractivity contribution in [1.29, 1.82) is 0 Å². The highest BCUT2D eigenvalue weighted by Gasteiger charge is 2.31. The molecule has 0 aliphatic carbocycles. The summed E-state index contributed by atoms with van der Waals surface area (Å²) in [5, 5.41) is 2.21. The summed E-state index contributed by atoms with van der Waals surface area (Å²) in [4.78, 5) is 25.3. The van der Waals surface area contributed by atoms with Crippen molar-refractivity contribution < 1.29 is 18.0 Å². The average Bonchev–Trinajstić information content (AvgIpc) is 2.40. The molecule has 0 saturated carbocycles. The molecule has 1 amide bonds. The van der Waals surface area contributed by atoms with Crippen LogP contribution in [-0.2, 0) is 17.4 Å². The molecule has 1 heterocycles. The van der Waals surface area contributed by atoms with Crippen LogP contribution in [0.25, 0.3) is 0 Å². The largest absolute Gasteiger partial charge is 0.417 e. The van der Waals surface area contributed by atoms with Gasteiger partial charge in [0.15, 0.2) is 0 Å². The maximum absolute atomic E-state index is 12.6. The summed E-state index contributed by atoms with van der Waals surface area (Å²) in [6.45, 7) is 1.86. The lowest BCUT2D eigenvalue weighted by molar-refractivity contribution is -0.137. The number of hydrogen-bond acceptors (Lipinski definition) is 2. The van der Waals surface area contributed by atoms with Crippen molar-refractivity contribution in [1.82, 2.24) is 4.98 Å². The summed E-state index contributed by atoms with van der Waals surface area (Å²) < 4.78 is 37.8. The van der Waals surface area contributed by atoms with Gasteiger partial charge in [-0.25, -0.2) is 0 Å². The van der Waals surface area contributed by atoms with Gasteiger partial charge in [-0.2, -0.15) is 13.2 Å². The minimum absolute atomic E-state index is 0.0304. The highest BCUT2D eigenvalue weighted by Crippen LogP contribution is 2.29. The molecule has 0 fully saturated rings. The van der Waals surface area contributed by atoms with Crippen molar-refractivity contribution in [3.8, 4) is 0 Å². The first kappa shape index (κ1) is 15.8. The Kier molecular flexibility index (Phi) is 4.35. The third kappa shape index (κ3) is 3.97. The number of amides is 1. The Morgan fingerprint density at radius 2 is 2.00 bits per heavy atom. The molecular weight excluding hydrogens is 297 g/mol. The molecule has 7 heteroatoms. The molecule has 22 heavy (non-hydrogen) atoms. The van der Waals surface area contributed by atoms with Crippen LogP contribution < -0.4 is 10.9 Å². The quantitative estimate of drug-likeness (QED) is 0.915. The average molecular weight is 310 g/mol. The summed E-state index contributed by atoms with van der Waals surface area (Å²) in [5.41, 5.74) is -0.570. The van der Waals surface area contributed by atoms with E-state index in [0.29, 0.717) is 17.8 Å². The molecule has 0 atom stereocenters. The second-order valence-electron chi connectivity index (χ2n) is 4.84. The molecule has 4 nitrogen and oxygen atoms in total. The number of nitrogens with one attached hydrogen (secondary N) is 2. The van der Waals surface area contributed by atoms with Crippen LogP contribution in [0, 0.1) is 6.92 Å². The van der Waals surface area contributed by atoms with Crippen molar-refractivity contribution >= 4 is 11.6 Å². The van der Waals surface area contributed by atoms with Gasteiger partial charge in [-0.1, -0.05) is 29.8 Å². The Morgan fingerprint density at radius 1 is 1.27 bits per heavy atom. The molecule has 0 spiro atoms. The monoisotopic (exact) mass is 310 g/mol. The fourth-order valence-electron chi connectivity index (χ4n) is 1.94. The fourth-order valence-corrected chi connectivity index (χ4v) is 1.94. The summed E-state index contributed by atoms with van der Waals surface area (Å²) in [6, 6.07) is 7.76. The van der Waals surface area contributed by atoms with Gasteiger partial charge in [0.05, 0.1) is 12.0 Å². The van der Waals surface area contributed by atoms with Crippen LogP contribution in [0.3, 0.4) is 0 Å². The Balaban J connectivity index is 2.16. The van der Waals surface area contributed by atoms with Crippen LogP contribution in [0.2, 0.25) is 0 Å². The lowest BCUT2D eigenvalue weighted by atomic mass is 10.1. The van der Waals surface area contributed by atoms with E-state index in [2.05, 4.69) is 5.32 Å². The molecule has 0 radical (unpaired) electrons. The number of benzene rings is 1. The minimum Gasteiger partial charge on any atom is -0.327 e. The van der Waals surface area contributed by atoms with E-state index < -0.39 is 28.9 Å². The summed E-state index contributed by atoms with van der Waals surface area (Å²) >= 11 is 0. The number of aryl methyl sites for hydroxylation is 1. The van der Waals surface area contributed by atoms with Crippen LogP contribution in [0.1, 0.15) is 16.7 Å². The van der Waals surface area contributed by atoms with E-state index in [-0.39, 0.29) is 6.42 Å². The topological polar surface area (TPSA) is 62.0 Å². The first-order valence-electron chi connectivity index (χ1n) is 6.41. The number of H-pyrrole nitrogens is 1. The summed E-state index contributed by atoms with van der Waals surface area (Å²) in [6.07, 6.45) is -4.06. The third-order valence-electron chi connectivity index (χ3n) is 2.95. The number of alkyl halides is 3. The van der Waals surface area contributed by atoms with Crippen molar-refractivity contribution in [3.63, 3.8) is 0 Å². The minimum atomic E-state index is -4.60. The molecule has 0 aliphatic rings. The fraction of sp³-hybridized carbons (Fsp3) is 0.200. The second-order valence-corrected chi connectivity index (χ2v) is 4.84. The van der Waals surface area contributed by atoms with Crippen LogP contribution in [0.5, 0.6) is 0 Å². The number of hydrogen-bond donors (Lipinski definition) is 2. The van der Waals surface area contributed by atoms with Crippen molar-refractivity contribution in [2.75, 3.05) is 5.32 Å². The third-order valence-corrected chi connectivity index (χ3v) is 2.95. The zero-order chi connectivity index (χ0) is 16.3. The number of aromatic amines is 1. The van der Waals surface area contributed by atoms with Gasteiger partial charge in [0.25, 0.3) is 5.56 Å². The molecule has 2 rings (SSSR count). The van der Waals surface area contributed by atoms with Gasteiger partial charge in [-0.05, 0) is 18.6 Å². The molecular formula is C15H13F3N2O2. The number of aromatic nitrogens is 1. The maximum atomic E-state index is 12.6. The standard InChI is InChI=1S/C15H13F3N2O2/c1-9-3-2-4-10(5-9)6-13(21)20-12-7-11(15(16,17)18)8-19-14(12)22/h2-5,7-8H,6H2,1H3,(H,19,22)(H,20,21). The Hall–Kier alpha value is -2.57. The van der Waals surface area contributed by atoms with E-state index in [4.69, 9.17) is 0 Å². The van der Waals surface area contributed by atoms with Crippen molar-refractivity contribution in [2.45, 2.75) is 19.5 Å². The molecule has 0 aliphatic heterocycles. The lowest BCUT2D eigenvalue weighted by Crippen LogP contribution is -2.22. The lowest BCUT2D eigenvalue weighted by Gasteiger charge is -2.09. The predicted molar refractivity (Wildman–Crippen MR) is 75.6 cm³/mol. The van der Waals surface area contributed by atoms with Gasteiger partial charge in [0, 0.05) is 6.20 Å². The first-order valence-corrected chi connectivity index (χ1v) is 6.41.